The number of hydrogen-bond acceptors (Lipinski definition) is 22. The van der Waals surface area contributed by atoms with Gasteiger partial charge in [-0.3, -0.25) is 0 Å². The summed E-state index contributed by atoms with van der Waals surface area (Å²) in [6, 6.07) is 12.8. The first-order valence-corrected chi connectivity index (χ1v) is 21.0. The first-order valence-electron chi connectivity index (χ1n) is 21.0. The lowest BCUT2D eigenvalue weighted by Crippen LogP contribution is -2.60. The van der Waals surface area contributed by atoms with Gasteiger partial charge in [0, 0.05) is 11.1 Å². The second-order valence-electron chi connectivity index (χ2n) is 17.3. The Hall–Kier alpha value is -4.12. The number of hydrogen-bond donors (Lipinski definition) is 14. The van der Waals surface area contributed by atoms with Crippen LogP contribution in [0.3, 0.4) is 0 Å². The molecule has 4 fully saturated rings. The van der Waals surface area contributed by atoms with Crippen LogP contribution in [0.1, 0.15) is 11.1 Å². The molecule has 4 aromatic carbocycles. The van der Waals surface area contributed by atoms with E-state index in [0.717, 1.165) is 0 Å². The number of ether oxygens (including phenoxy) is 8. The zero-order chi connectivity index (χ0) is 47.6. The number of aliphatic hydroxyl groups is 12. The van der Waals surface area contributed by atoms with Crippen LogP contribution in [-0.2, 0) is 28.4 Å². The topological polar surface area (TPSA) is 357 Å². The molecule has 362 valence electrons. The Morgan fingerprint density at radius 3 is 1.26 bits per heavy atom. The standard InChI is InChI=1S/C44H54O22/c1-17-7-19-3-5-21(29(47)27(19)23(9-17)63-39-35(53)33(51)31(49)25(65-39)11-59-41-37(55)43(57,13-45)15-61-41)22-6-4-20-8-18(2)10-24(28(20)30(22)48)64-40-36(54)34(52)32(50)26(66-40)12-60-42-38(56)44(58,14-46)16-62-42/h3-10,25-26,31-42,45-58H,11-16H2,1-2H3. The molecule has 66 heavy (non-hydrogen) atoms. The molecule has 4 heterocycles. The minimum Gasteiger partial charge on any atom is -0.507 e. The number of aromatic hydroxyl groups is 2. The fraction of sp³-hybridized carbons (Fsp3) is 0.545. The number of aliphatic hydroxyl groups excluding tert-OH is 10. The molecule has 4 saturated heterocycles. The molecule has 0 spiro atoms. The molecule has 0 radical (unpaired) electrons. The van der Waals surface area contributed by atoms with Gasteiger partial charge in [0.1, 0.15) is 95.2 Å². The molecule has 4 aromatic rings. The van der Waals surface area contributed by atoms with Gasteiger partial charge in [-0.1, -0.05) is 24.3 Å². The average Bonchev–Trinajstić information content (AvgIpc) is 3.75. The molecule has 22 nitrogen and oxygen atoms in total. The zero-order valence-corrected chi connectivity index (χ0v) is 35.5. The van der Waals surface area contributed by atoms with Crippen molar-refractivity contribution in [1.29, 1.82) is 0 Å². The van der Waals surface area contributed by atoms with Crippen molar-refractivity contribution in [3.8, 4) is 34.1 Å². The minimum atomic E-state index is -1.99. The Morgan fingerprint density at radius 1 is 0.530 bits per heavy atom. The van der Waals surface area contributed by atoms with Crippen molar-refractivity contribution in [2.24, 2.45) is 0 Å². The largest absolute Gasteiger partial charge is 0.507 e. The molecule has 16 unspecified atom stereocenters. The molecule has 22 heteroatoms. The van der Waals surface area contributed by atoms with E-state index < -0.39 is 149 Å². The van der Waals surface area contributed by atoms with E-state index in [4.69, 9.17) is 37.9 Å². The highest BCUT2D eigenvalue weighted by Crippen LogP contribution is 2.48. The summed E-state index contributed by atoms with van der Waals surface area (Å²) in [5.74, 6) is -0.887. The average molecular weight is 935 g/mol. The van der Waals surface area contributed by atoms with E-state index in [1.807, 2.05) is 0 Å². The van der Waals surface area contributed by atoms with Crippen LogP contribution < -0.4 is 9.47 Å². The number of aryl methyl sites for hydroxylation is 2. The maximum atomic E-state index is 12.0. The molecular formula is C44H54O22. The Balaban J connectivity index is 1.06. The second-order valence-corrected chi connectivity index (χ2v) is 17.3. The highest BCUT2D eigenvalue weighted by atomic mass is 16.7. The Morgan fingerprint density at radius 2 is 0.909 bits per heavy atom. The normalized spacial score (nSPS) is 37.2. The highest BCUT2D eigenvalue weighted by molar-refractivity contribution is 6.04. The molecule has 16 atom stereocenters. The van der Waals surface area contributed by atoms with Crippen LogP contribution in [0.5, 0.6) is 23.0 Å². The van der Waals surface area contributed by atoms with Gasteiger partial charge < -0.3 is 109 Å². The van der Waals surface area contributed by atoms with Crippen LogP contribution in [0.15, 0.2) is 48.5 Å². The fourth-order valence-corrected chi connectivity index (χ4v) is 8.53. The Labute approximate surface area is 375 Å². The zero-order valence-electron chi connectivity index (χ0n) is 35.5. The van der Waals surface area contributed by atoms with E-state index in [9.17, 15) is 71.5 Å². The van der Waals surface area contributed by atoms with E-state index in [0.29, 0.717) is 21.9 Å². The first kappa shape index (κ1) is 48.3. The summed E-state index contributed by atoms with van der Waals surface area (Å²) in [7, 11) is 0. The second kappa shape index (κ2) is 18.8. The van der Waals surface area contributed by atoms with Crippen LogP contribution in [0.25, 0.3) is 32.7 Å². The lowest BCUT2D eigenvalue weighted by atomic mass is 9.94. The first-order chi connectivity index (χ1) is 31.3. The maximum Gasteiger partial charge on any atom is 0.229 e. The van der Waals surface area contributed by atoms with Crippen LogP contribution in [0.4, 0.5) is 0 Å². The molecule has 4 aliphatic rings. The van der Waals surface area contributed by atoms with Gasteiger partial charge in [-0.05, 0) is 60.0 Å². The lowest BCUT2D eigenvalue weighted by Gasteiger charge is -2.40. The number of benzene rings is 4. The van der Waals surface area contributed by atoms with Gasteiger partial charge in [-0.25, -0.2) is 0 Å². The predicted octanol–water partition coefficient (Wildman–Crippen LogP) is -3.02. The predicted molar refractivity (Wildman–Crippen MR) is 222 cm³/mol. The third-order valence-corrected chi connectivity index (χ3v) is 12.5. The molecule has 0 bridgehead atoms. The van der Waals surface area contributed by atoms with Crippen molar-refractivity contribution in [1.82, 2.24) is 0 Å². The molecular weight excluding hydrogens is 880 g/mol. The molecule has 0 aliphatic carbocycles. The van der Waals surface area contributed by atoms with Gasteiger partial charge in [-0.15, -0.1) is 0 Å². The summed E-state index contributed by atoms with van der Waals surface area (Å²) in [4.78, 5) is 0. The van der Waals surface area contributed by atoms with Crippen molar-refractivity contribution in [3.05, 3.63) is 59.7 Å². The van der Waals surface area contributed by atoms with Gasteiger partial charge >= 0.3 is 0 Å². The SMILES string of the molecule is Cc1cc(OC2OC(COC3OCC(O)(CO)C3O)C(O)C(O)C2O)c2c(O)c(-c3ccc4cc(C)cc(OC5OC(COC6OCC(O)(CO)C6O)C(O)C(O)C5O)c4c3O)ccc2c1. The molecule has 4 aliphatic heterocycles. The Bertz CT molecular complexity index is 2220. The maximum absolute atomic E-state index is 12.0. The Kier molecular flexibility index (Phi) is 13.7. The van der Waals surface area contributed by atoms with Crippen LogP contribution >= 0.6 is 0 Å². The summed E-state index contributed by atoms with van der Waals surface area (Å²) in [6.45, 7) is -0.148. The molecule has 0 amide bonds. The quantitative estimate of drug-likeness (QED) is 0.0634. The van der Waals surface area contributed by atoms with Gasteiger partial charge in [0.2, 0.25) is 12.6 Å². The summed E-state index contributed by atoms with van der Waals surface area (Å²) in [6.07, 6.45) is -23.1. The summed E-state index contributed by atoms with van der Waals surface area (Å²) >= 11 is 0. The summed E-state index contributed by atoms with van der Waals surface area (Å²) in [5, 5.41) is 151. The van der Waals surface area contributed by atoms with Crippen molar-refractivity contribution in [2.75, 3.05) is 39.6 Å². The van der Waals surface area contributed by atoms with E-state index in [-0.39, 0.29) is 33.4 Å². The third-order valence-electron chi connectivity index (χ3n) is 12.5. The number of rotatable bonds is 13. The van der Waals surface area contributed by atoms with Gasteiger partial charge in [0.05, 0.1) is 50.4 Å². The van der Waals surface area contributed by atoms with E-state index in [1.165, 1.54) is 24.3 Å². The summed E-state index contributed by atoms with van der Waals surface area (Å²) < 4.78 is 45.5. The van der Waals surface area contributed by atoms with E-state index in [2.05, 4.69) is 0 Å². The van der Waals surface area contributed by atoms with Gasteiger partial charge in [0.25, 0.3) is 0 Å². The molecule has 8 rings (SSSR count). The van der Waals surface area contributed by atoms with Crippen molar-refractivity contribution in [2.45, 2.75) is 111 Å². The minimum absolute atomic E-state index is 0.0417. The molecule has 14 N–H and O–H groups in total. The number of phenols is 2. The van der Waals surface area contributed by atoms with Crippen molar-refractivity contribution in [3.63, 3.8) is 0 Å². The van der Waals surface area contributed by atoms with Gasteiger partial charge in [-0.2, -0.15) is 0 Å². The highest BCUT2D eigenvalue weighted by Gasteiger charge is 2.52. The molecule has 0 saturated carbocycles. The van der Waals surface area contributed by atoms with E-state index in [1.54, 1.807) is 38.1 Å². The van der Waals surface area contributed by atoms with E-state index >= 15 is 0 Å². The van der Waals surface area contributed by atoms with Crippen LogP contribution in [-0.4, -0.2) is 209 Å². The van der Waals surface area contributed by atoms with Crippen LogP contribution in [0.2, 0.25) is 0 Å². The summed E-state index contributed by atoms with van der Waals surface area (Å²) in [5.41, 5.74) is -2.54. The van der Waals surface area contributed by atoms with Crippen molar-refractivity contribution < 1.29 is 109 Å². The van der Waals surface area contributed by atoms with Crippen molar-refractivity contribution >= 4 is 21.5 Å². The molecule has 0 aromatic heterocycles. The smallest absolute Gasteiger partial charge is 0.229 e. The monoisotopic (exact) mass is 934 g/mol. The van der Waals surface area contributed by atoms with Crippen LogP contribution in [0, 0.1) is 13.8 Å². The van der Waals surface area contributed by atoms with Gasteiger partial charge in [0.15, 0.2) is 12.6 Å². The third kappa shape index (κ3) is 8.77. The fourth-order valence-electron chi connectivity index (χ4n) is 8.53. The lowest BCUT2D eigenvalue weighted by molar-refractivity contribution is -0.289. The number of phenolic OH excluding ortho intramolecular Hbond substituents is 2. The number of fused-ring (bicyclic) bond motifs is 2.